The second-order valence-electron chi connectivity index (χ2n) is 7.22. The van der Waals surface area contributed by atoms with Crippen molar-refractivity contribution in [2.75, 3.05) is 38.6 Å². The van der Waals surface area contributed by atoms with Crippen LogP contribution in [0.3, 0.4) is 0 Å². The first-order valence-corrected chi connectivity index (χ1v) is 8.33. The number of aldehydes is 1. The van der Waals surface area contributed by atoms with Gasteiger partial charge < -0.3 is 9.80 Å². The van der Waals surface area contributed by atoms with Crippen molar-refractivity contribution in [3.05, 3.63) is 10.6 Å². The molecule has 0 fully saturated rings. The van der Waals surface area contributed by atoms with Crippen molar-refractivity contribution < 1.29 is 4.79 Å². The Morgan fingerprint density at radius 1 is 1.24 bits per heavy atom. The summed E-state index contributed by atoms with van der Waals surface area (Å²) in [7, 11) is 4.15. The molecule has 120 valence electrons. The molecule has 0 N–H and O–H groups in total. The Kier molecular flexibility index (Phi) is 6.35. The smallest absolute Gasteiger partial charge is 0.186 e. The number of carbonyl (C=O) groups is 1. The fourth-order valence-corrected chi connectivity index (χ4v) is 3.22. The van der Waals surface area contributed by atoms with Crippen molar-refractivity contribution in [2.24, 2.45) is 5.92 Å². The van der Waals surface area contributed by atoms with Crippen LogP contribution >= 0.6 is 11.3 Å². The Balaban J connectivity index is 3.06. The number of likely N-dealkylation sites (N-methyl/N-ethyl adjacent to an activating group) is 1. The van der Waals surface area contributed by atoms with Gasteiger partial charge in [-0.25, -0.2) is 4.98 Å². The highest BCUT2D eigenvalue weighted by molar-refractivity contribution is 7.17. The highest BCUT2D eigenvalue weighted by atomic mass is 32.1. The largest absolute Gasteiger partial charge is 0.347 e. The predicted molar refractivity (Wildman–Crippen MR) is 91.8 cm³/mol. The van der Waals surface area contributed by atoms with Gasteiger partial charge in [-0.1, -0.05) is 46.0 Å². The molecule has 0 radical (unpaired) electrons. The van der Waals surface area contributed by atoms with Gasteiger partial charge in [0.15, 0.2) is 11.4 Å². The van der Waals surface area contributed by atoms with E-state index in [9.17, 15) is 4.79 Å². The molecule has 0 aliphatic rings. The molecule has 1 heterocycles. The highest BCUT2D eigenvalue weighted by Crippen LogP contribution is 2.33. The van der Waals surface area contributed by atoms with E-state index in [4.69, 9.17) is 4.98 Å². The molecule has 21 heavy (non-hydrogen) atoms. The number of carbonyl (C=O) groups excluding carboxylic acids is 1. The number of rotatable bonds is 7. The van der Waals surface area contributed by atoms with E-state index in [1.54, 1.807) is 0 Å². The minimum atomic E-state index is -0.101. The summed E-state index contributed by atoms with van der Waals surface area (Å²) in [6.45, 7) is 13.6. The number of anilines is 1. The third kappa shape index (κ3) is 5.40. The maximum Gasteiger partial charge on any atom is 0.186 e. The summed E-state index contributed by atoms with van der Waals surface area (Å²) in [6, 6.07) is 0. The minimum absolute atomic E-state index is 0.101. The molecule has 1 rings (SSSR count). The molecular formula is C16H29N3OS. The second-order valence-corrected chi connectivity index (χ2v) is 8.23. The molecule has 0 atom stereocenters. The molecule has 0 aliphatic carbocycles. The third-order valence-corrected chi connectivity index (χ3v) is 4.17. The van der Waals surface area contributed by atoms with Crippen LogP contribution < -0.4 is 4.90 Å². The van der Waals surface area contributed by atoms with Crippen LogP contribution in [-0.2, 0) is 5.41 Å². The Bertz CT molecular complexity index is 461. The van der Waals surface area contributed by atoms with Crippen LogP contribution in [0.5, 0.6) is 0 Å². The van der Waals surface area contributed by atoms with Crippen LogP contribution in [0.4, 0.5) is 5.13 Å². The molecule has 0 aromatic carbocycles. The van der Waals surface area contributed by atoms with Gasteiger partial charge in [-0.3, -0.25) is 4.79 Å². The van der Waals surface area contributed by atoms with E-state index in [1.165, 1.54) is 11.3 Å². The molecule has 1 aromatic heterocycles. The van der Waals surface area contributed by atoms with Crippen LogP contribution in [0, 0.1) is 5.92 Å². The third-order valence-electron chi connectivity index (χ3n) is 3.13. The van der Waals surface area contributed by atoms with Crippen LogP contribution in [-0.4, -0.2) is 49.9 Å². The average Bonchev–Trinajstić information content (AvgIpc) is 2.77. The fraction of sp³-hybridized carbons (Fsp3) is 0.750. The number of thiazole rings is 1. The van der Waals surface area contributed by atoms with E-state index >= 15 is 0 Å². The molecule has 0 bridgehead atoms. The summed E-state index contributed by atoms with van der Waals surface area (Å²) >= 11 is 1.52. The molecule has 0 spiro atoms. The van der Waals surface area contributed by atoms with E-state index in [0.29, 0.717) is 5.92 Å². The van der Waals surface area contributed by atoms with Gasteiger partial charge >= 0.3 is 0 Å². The van der Waals surface area contributed by atoms with Crippen molar-refractivity contribution in [3.63, 3.8) is 0 Å². The lowest BCUT2D eigenvalue weighted by Crippen LogP contribution is -2.34. The minimum Gasteiger partial charge on any atom is -0.347 e. The maximum absolute atomic E-state index is 11.3. The highest BCUT2D eigenvalue weighted by Gasteiger charge is 2.25. The van der Waals surface area contributed by atoms with Gasteiger partial charge in [0.1, 0.15) is 0 Å². The molecule has 0 aliphatic heterocycles. The summed E-state index contributed by atoms with van der Waals surface area (Å²) < 4.78 is 0. The summed E-state index contributed by atoms with van der Waals surface area (Å²) in [6.07, 6.45) is 0.946. The van der Waals surface area contributed by atoms with E-state index in [-0.39, 0.29) is 5.41 Å². The van der Waals surface area contributed by atoms with Crippen LogP contribution in [0.15, 0.2) is 0 Å². The van der Waals surface area contributed by atoms with E-state index in [2.05, 4.69) is 58.5 Å². The van der Waals surface area contributed by atoms with Crippen molar-refractivity contribution >= 4 is 22.8 Å². The van der Waals surface area contributed by atoms with Gasteiger partial charge in [0, 0.05) is 25.0 Å². The topological polar surface area (TPSA) is 36.4 Å². The van der Waals surface area contributed by atoms with Crippen LogP contribution in [0.1, 0.15) is 50.0 Å². The van der Waals surface area contributed by atoms with Gasteiger partial charge in [-0.15, -0.1) is 0 Å². The predicted octanol–water partition coefficient (Wildman–Crippen LogP) is 3.28. The monoisotopic (exact) mass is 311 g/mol. The quantitative estimate of drug-likeness (QED) is 0.724. The molecule has 0 saturated heterocycles. The SMILES string of the molecule is CC(C)CN(CCN(C)C)c1nc(C(C)(C)C)c(C=O)s1. The standard InChI is InChI=1S/C16H29N3OS/c1-12(2)10-19(9-8-18(6)7)15-17-14(16(3,4)5)13(11-20)21-15/h11-12H,8-10H2,1-7H3. The number of hydrogen-bond acceptors (Lipinski definition) is 5. The first-order valence-electron chi connectivity index (χ1n) is 7.51. The maximum atomic E-state index is 11.3. The Labute approximate surface area is 133 Å². The van der Waals surface area contributed by atoms with Crippen molar-refractivity contribution in [1.29, 1.82) is 0 Å². The summed E-state index contributed by atoms with van der Waals surface area (Å²) in [4.78, 5) is 21.4. The first kappa shape index (κ1) is 18.1. The zero-order valence-corrected chi connectivity index (χ0v) is 15.3. The summed E-state index contributed by atoms with van der Waals surface area (Å²) in [5.41, 5.74) is 0.812. The lowest BCUT2D eigenvalue weighted by Gasteiger charge is -2.25. The van der Waals surface area contributed by atoms with Crippen LogP contribution in [0.25, 0.3) is 0 Å². The fourth-order valence-electron chi connectivity index (χ4n) is 2.10. The molecule has 4 nitrogen and oxygen atoms in total. The van der Waals surface area contributed by atoms with E-state index in [0.717, 1.165) is 41.6 Å². The second kappa shape index (κ2) is 7.36. The zero-order valence-electron chi connectivity index (χ0n) is 14.4. The van der Waals surface area contributed by atoms with Crippen molar-refractivity contribution in [1.82, 2.24) is 9.88 Å². The normalized spacial score (nSPS) is 12.2. The van der Waals surface area contributed by atoms with E-state index < -0.39 is 0 Å². The van der Waals surface area contributed by atoms with Crippen LogP contribution in [0.2, 0.25) is 0 Å². The Morgan fingerprint density at radius 2 is 1.86 bits per heavy atom. The molecule has 0 unspecified atom stereocenters. The first-order chi connectivity index (χ1) is 9.65. The number of nitrogens with zero attached hydrogens (tertiary/aromatic N) is 3. The lowest BCUT2D eigenvalue weighted by atomic mass is 9.91. The van der Waals surface area contributed by atoms with Crippen molar-refractivity contribution in [2.45, 2.75) is 40.0 Å². The van der Waals surface area contributed by atoms with Crippen molar-refractivity contribution in [3.8, 4) is 0 Å². The Morgan fingerprint density at radius 3 is 2.24 bits per heavy atom. The number of hydrogen-bond donors (Lipinski definition) is 0. The summed E-state index contributed by atoms with van der Waals surface area (Å²) in [5, 5.41) is 0.970. The summed E-state index contributed by atoms with van der Waals surface area (Å²) in [5.74, 6) is 0.564. The van der Waals surface area contributed by atoms with Gasteiger partial charge in [-0.2, -0.15) is 0 Å². The molecule has 5 heteroatoms. The average molecular weight is 311 g/mol. The Hall–Kier alpha value is -0.940. The molecule has 1 aromatic rings. The van der Waals surface area contributed by atoms with E-state index in [1.807, 2.05) is 0 Å². The van der Waals surface area contributed by atoms with Gasteiger partial charge in [0.2, 0.25) is 0 Å². The zero-order chi connectivity index (χ0) is 16.2. The lowest BCUT2D eigenvalue weighted by molar-refractivity contribution is 0.112. The van der Waals surface area contributed by atoms with Gasteiger partial charge in [0.05, 0.1) is 10.6 Å². The van der Waals surface area contributed by atoms with Gasteiger partial charge in [0.25, 0.3) is 0 Å². The molecule has 0 saturated carbocycles. The molecule has 0 amide bonds. The van der Waals surface area contributed by atoms with Gasteiger partial charge in [-0.05, 0) is 20.0 Å². The molecular weight excluding hydrogens is 282 g/mol. The number of aromatic nitrogens is 1.